The molecule has 5 heteroatoms. The van der Waals surface area contributed by atoms with Gasteiger partial charge in [-0.3, -0.25) is 4.79 Å². The highest BCUT2D eigenvalue weighted by molar-refractivity contribution is 9.10. The number of piperazine rings is 1. The molecule has 3 rings (SSSR count). The van der Waals surface area contributed by atoms with E-state index in [1.165, 1.54) is 11.3 Å². The molecule has 0 radical (unpaired) electrons. The molecular weight excluding hydrogens is 376 g/mol. The summed E-state index contributed by atoms with van der Waals surface area (Å²) in [7, 11) is 0. The van der Waals surface area contributed by atoms with Gasteiger partial charge in [0.2, 0.25) is 0 Å². The highest BCUT2D eigenvalue weighted by Gasteiger charge is 2.23. The molecule has 0 spiro atoms. The Morgan fingerprint density at radius 2 is 1.83 bits per heavy atom. The van der Waals surface area contributed by atoms with Gasteiger partial charge in [-0.2, -0.15) is 0 Å². The summed E-state index contributed by atoms with van der Waals surface area (Å²) in [4.78, 5) is 16.8. The zero-order valence-electron chi connectivity index (χ0n) is 12.9. The van der Waals surface area contributed by atoms with Gasteiger partial charge in [0.25, 0.3) is 5.91 Å². The van der Waals surface area contributed by atoms with E-state index < -0.39 is 0 Å². The van der Waals surface area contributed by atoms with Crippen molar-refractivity contribution in [3.05, 3.63) is 63.1 Å². The lowest BCUT2D eigenvalue weighted by molar-refractivity contribution is 0.0747. The highest BCUT2D eigenvalue weighted by Crippen LogP contribution is 2.24. The summed E-state index contributed by atoms with van der Waals surface area (Å²) in [5, 5.41) is 0.491. The molecule has 2 aromatic carbocycles. The lowest BCUT2D eigenvalue weighted by atomic mass is 10.1. The summed E-state index contributed by atoms with van der Waals surface area (Å²) in [6.45, 7) is 5.18. The molecule has 1 heterocycles. The molecule has 0 aromatic heterocycles. The van der Waals surface area contributed by atoms with E-state index in [1.807, 2.05) is 11.0 Å². The van der Waals surface area contributed by atoms with Gasteiger partial charge in [0.05, 0.1) is 10.6 Å². The maximum atomic E-state index is 12.6. The third-order valence-corrected chi connectivity index (χ3v) is 4.90. The lowest BCUT2D eigenvalue weighted by Crippen LogP contribution is -2.48. The van der Waals surface area contributed by atoms with Crippen LogP contribution in [-0.2, 0) is 0 Å². The zero-order valence-corrected chi connectivity index (χ0v) is 15.3. The predicted molar refractivity (Wildman–Crippen MR) is 98.4 cm³/mol. The van der Waals surface area contributed by atoms with Crippen molar-refractivity contribution in [2.45, 2.75) is 6.92 Å². The SMILES string of the molecule is Cc1cccc(N2CCN(C(=O)c3ccc(Br)cc3Cl)CC2)c1. The van der Waals surface area contributed by atoms with Gasteiger partial charge in [0.15, 0.2) is 0 Å². The molecular formula is C18H18BrClN2O. The Kier molecular flexibility index (Phi) is 4.93. The number of hydrogen-bond acceptors (Lipinski definition) is 2. The minimum absolute atomic E-state index is 0.00592. The molecule has 0 aliphatic carbocycles. The first-order valence-electron chi connectivity index (χ1n) is 7.60. The zero-order chi connectivity index (χ0) is 16.4. The minimum atomic E-state index is 0.00592. The second kappa shape index (κ2) is 6.93. The van der Waals surface area contributed by atoms with Gasteiger partial charge < -0.3 is 9.80 Å². The van der Waals surface area contributed by atoms with Crippen LogP contribution in [0.3, 0.4) is 0 Å². The van der Waals surface area contributed by atoms with Gasteiger partial charge in [-0.1, -0.05) is 39.7 Å². The molecule has 1 fully saturated rings. The summed E-state index contributed by atoms with van der Waals surface area (Å²) in [6.07, 6.45) is 0. The van der Waals surface area contributed by atoms with Crippen LogP contribution in [0.5, 0.6) is 0 Å². The maximum Gasteiger partial charge on any atom is 0.255 e. The van der Waals surface area contributed by atoms with Crippen LogP contribution in [-0.4, -0.2) is 37.0 Å². The van der Waals surface area contributed by atoms with Crippen LogP contribution in [0, 0.1) is 6.92 Å². The standard InChI is InChI=1S/C18H18BrClN2O/c1-13-3-2-4-15(11-13)21-7-9-22(10-8-21)18(23)16-6-5-14(19)12-17(16)20/h2-6,11-12H,7-10H2,1H3. The first-order valence-corrected chi connectivity index (χ1v) is 8.77. The Balaban J connectivity index is 1.68. The third kappa shape index (κ3) is 3.70. The number of carbonyl (C=O) groups is 1. The van der Waals surface area contributed by atoms with Gasteiger partial charge in [0.1, 0.15) is 0 Å². The lowest BCUT2D eigenvalue weighted by Gasteiger charge is -2.36. The van der Waals surface area contributed by atoms with E-state index in [-0.39, 0.29) is 5.91 Å². The normalized spacial score (nSPS) is 14.9. The molecule has 2 aromatic rings. The number of rotatable bonds is 2. The Labute approximate surface area is 150 Å². The molecule has 23 heavy (non-hydrogen) atoms. The number of carbonyl (C=O) groups excluding carboxylic acids is 1. The van der Waals surface area contributed by atoms with E-state index in [0.29, 0.717) is 23.7 Å². The number of aryl methyl sites for hydroxylation is 1. The summed E-state index contributed by atoms with van der Waals surface area (Å²) < 4.78 is 0.878. The summed E-state index contributed by atoms with van der Waals surface area (Å²) >= 11 is 9.56. The van der Waals surface area contributed by atoms with Crippen molar-refractivity contribution in [3.63, 3.8) is 0 Å². The molecule has 3 nitrogen and oxygen atoms in total. The number of hydrogen-bond donors (Lipinski definition) is 0. The van der Waals surface area contributed by atoms with Gasteiger partial charge in [-0.25, -0.2) is 0 Å². The number of nitrogens with zero attached hydrogens (tertiary/aromatic N) is 2. The monoisotopic (exact) mass is 392 g/mol. The van der Waals surface area contributed by atoms with Gasteiger partial charge >= 0.3 is 0 Å². The molecule has 0 unspecified atom stereocenters. The fraction of sp³-hybridized carbons (Fsp3) is 0.278. The molecule has 1 aliphatic heterocycles. The van der Waals surface area contributed by atoms with E-state index in [4.69, 9.17) is 11.6 Å². The minimum Gasteiger partial charge on any atom is -0.368 e. The second-order valence-electron chi connectivity index (χ2n) is 5.74. The first kappa shape index (κ1) is 16.3. The summed E-state index contributed by atoms with van der Waals surface area (Å²) in [5.74, 6) is 0.00592. The van der Waals surface area contributed by atoms with Crippen molar-refractivity contribution in [2.75, 3.05) is 31.1 Å². The Hall–Kier alpha value is -1.52. The molecule has 0 atom stereocenters. The van der Waals surface area contributed by atoms with Crippen LogP contribution in [0.25, 0.3) is 0 Å². The molecule has 1 saturated heterocycles. The van der Waals surface area contributed by atoms with Crippen molar-refractivity contribution < 1.29 is 4.79 Å². The number of halogens is 2. The quantitative estimate of drug-likeness (QED) is 0.756. The molecule has 0 saturated carbocycles. The van der Waals surface area contributed by atoms with Crippen LogP contribution >= 0.6 is 27.5 Å². The van der Waals surface area contributed by atoms with Crippen LogP contribution in [0.4, 0.5) is 5.69 Å². The van der Waals surface area contributed by atoms with Gasteiger partial charge in [0, 0.05) is 36.3 Å². The fourth-order valence-electron chi connectivity index (χ4n) is 2.83. The van der Waals surface area contributed by atoms with E-state index in [1.54, 1.807) is 12.1 Å². The first-order chi connectivity index (χ1) is 11.0. The van der Waals surface area contributed by atoms with Crippen molar-refractivity contribution in [3.8, 4) is 0 Å². The van der Waals surface area contributed by atoms with Crippen LogP contribution in [0.15, 0.2) is 46.9 Å². The average molecular weight is 394 g/mol. The molecule has 120 valence electrons. The Bertz CT molecular complexity index is 727. The molecule has 0 bridgehead atoms. The maximum absolute atomic E-state index is 12.6. The van der Waals surface area contributed by atoms with E-state index >= 15 is 0 Å². The fourth-order valence-corrected chi connectivity index (χ4v) is 3.58. The second-order valence-corrected chi connectivity index (χ2v) is 7.07. The molecule has 1 amide bonds. The van der Waals surface area contributed by atoms with E-state index in [2.05, 4.69) is 52.0 Å². The van der Waals surface area contributed by atoms with E-state index in [9.17, 15) is 4.79 Å². The summed E-state index contributed by atoms with van der Waals surface area (Å²) in [6, 6.07) is 13.9. The molecule has 1 aliphatic rings. The average Bonchev–Trinajstić information content (AvgIpc) is 2.54. The van der Waals surface area contributed by atoms with Crippen molar-refractivity contribution in [1.29, 1.82) is 0 Å². The van der Waals surface area contributed by atoms with Gasteiger partial charge in [-0.15, -0.1) is 0 Å². The van der Waals surface area contributed by atoms with Crippen LogP contribution < -0.4 is 4.90 Å². The van der Waals surface area contributed by atoms with E-state index in [0.717, 1.165) is 17.6 Å². The van der Waals surface area contributed by atoms with Crippen LogP contribution in [0.2, 0.25) is 5.02 Å². The van der Waals surface area contributed by atoms with Crippen molar-refractivity contribution in [1.82, 2.24) is 4.90 Å². The number of amides is 1. The van der Waals surface area contributed by atoms with Crippen molar-refractivity contribution in [2.24, 2.45) is 0 Å². The predicted octanol–water partition coefficient (Wildman–Crippen LogP) is 4.37. The van der Waals surface area contributed by atoms with Crippen molar-refractivity contribution >= 4 is 39.1 Å². The van der Waals surface area contributed by atoms with Crippen LogP contribution in [0.1, 0.15) is 15.9 Å². The van der Waals surface area contributed by atoms with Gasteiger partial charge in [-0.05, 0) is 42.8 Å². The number of anilines is 1. The third-order valence-electron chi connectivity index (χ3n) is 4.10. The summed E-state index contributed by atoms with van der Waals surface area (Å²) in [5.41, 5.74) is 3.04. The number of benzene rings is 2. The largest absolute Gasteiger partial charge is 0.368 e. The smallest absolute Gasteiger partial charge is 0.255 e. The highest BCUT2D eigenvalue weighted by atomic mass is 79.9. The Morgan fingerprint density at radius 3 is 2.48 bits per heavy atom. The topological polar surface area (TPSA) is 23.6 Å². The molecule has 0 N–H and O–H groups in total. The Morgan fingerprint density at radius 1 is 1.09 bits per heavy atom.